The molecule has 1 atom stereocenters. The second-order valence-electron chi connectivity index (χ2n) is 6.57. The number of hydrogen-bond acceptors (Lipinski definition) is 4. The lowest BCUT2D eigenvalue weighted by Crippen LogP contribution is -2.28. The first-order valence-corrected chi connectivity index (χ1v) is 8.44. The number of anilines is 2. The predicted octanol–water partition coefficient (Wildman–Crippen LogP) is 3.85. The van der Waals surface area contributed by atoms with Gasteiger partial charge in [0.15, 0.2) is 0 Å². The quantitative estimate of drug-likeness (QED) is 0.745. The van der Waals surface area contributed by atoms with E-state index < -0.39 is 6.23 Å². The van der Waals surface area contributed by atoms with Gasteiger partial charge in [-0.2, -0.15) is 0 Å². The van der Waals surface area contributed by atoms with E-state index in [0.29, 0.717) is 11.4 Å². The van der Waals surface area contributed by atoms with Crippen LogP contribution < -0.4 is 10.6 Å². The SMILES string of the molecule is Cc1cccc(F)c1-c1cc(N2CCC[C@@H]2O)c2cc(N)ncc2c1. The highest BCUT2D eigenvalue weighted by molar-refractivity contribution is 5.99. The number of pyridine rings is 1. The number of nitrogen functional groups attached to an aromatic ring is 1. The molecule has 5 heteroatoms. The van der Waals surface area contributed by atoms with Crippen LogP contribution >= 0.6 is 0 Å². The summed E-state index contributed by atoms with van der Waals surface area (Å²) >= 11 is 0. The maximum absolute atomic E-state index is 14.5. The van der Waals surface area contributed by atoms with Gasteiger partial charge in [0.1, 0.15) is 17.9 Å². The number of benzene rings is 2. The molecule has 25 heavy (non-hydrogen) atoms. The summed E-state index contributed by atoms with van der Waals surface area (Å²) in [6.45, 7) is 2.66. The fourth-order valence-corrected chi connectivity index (χ4v) is 3.66. The van der Waals surface area contributed by atoms with Crippen molar-refractivity contribution < 1.29 is 9.50 Å². The maximum Gasteiger partial charge on any atom is 0.131 e. The molecule has 0 spiro atoms. The molecule has 1 saturated heterocycles. The van der Waals surface area contributed by atoms with Crippen LogP contribution in [0.15, 0.2) is 42.6 Å². The topological polar surface area (TPSA) is 62.4 Å². The van der Waals surface area contributed by atoms with E-state index >= 15 is 0 Å². The molecule has 0 aliphatic carbocycles. The molecule has 4 rings (SSSR count). The van der Waals surface area contributed by atoms with Gasteiger partial charge in [0.2, 0.25) is 0 Å². The molecule has 2 aromatic carbocycles. The minimum absolute atomic E-state index is 0.254. The van der Waals surface area contributed by atoms with E-state index in [4.69, 9.17) is 5.73 Å². The van der Waals surface area contributed by atoms with E-state index in [2.05, 4.69) is 4.98 Å². The molecule has 4 nitrogen and oxygen atoms in total. The second-order valence-corrected chi connectivity index (χ2v) is 6.57. The largest absolute Gasteiger partial charge is 0.384 e. The molecule has 128 valence electrons. The Labute approximate surface area is 145 Å². The van der Waals surface area contributed by atoms with Gasteiger partial charge in [0, 0.05) is 34.8 Å². The van der Waals surface area contributed by atoms with Crippen LogP contribution in [-0.2, 0) is 0 Å². The summed E-state index contributed by atoms with van der Waals surface area (Å²) in [5.41, 5.74) is 8.97. The molecule has 0 saturated carbocycles. The van der Waals surface area contributed by atoms with Gasteiger partial charge in [-0.05, 0) is 55.2 Å². The lowest BCUT2D eigenvalue weighted by Gasteiger charge is -2.25. The Morgan fingerprint density at radius 1 is 1.28 bits per heavy atom. The lowest BCUT2D eigenvalue weighted by molar-refractivity contribution is 0.186. The van der Waals surface area contributed by atoms with E-state index in [1.807, 2.05) is 36.1 Å². The van der Waals surface area contributed by atoms with E-state index in [9.17, 15) is 9.50 Å². The van der Waals surface area contributed by atoms with Crippen molar-refractivity contribution in [3.05, 3.63) is 54.0 Å². The van der Waals surface area contributed by atoms with Crippen LogP contribution in [0.2, 0.25) is 0 Å². The number of aliphatic hydroxyl groups excluding tert-OH is 1. The highest BCUT2D eigenvalue weighted by Crippen LogP contribution is 2.38. The number of aromatic nitrogens is 1. The van der Waals surface area contributed by atoms with Crippen LogP contribution in [0.1, 0.15) is 18.4 Å². The van der Waals surface area contributed by atoms with Crippen molar-refractivity contribution in [3.63, 3.8) is 0 Å². The van der Waals surface area contributed by atoms with E-state index in [0.717, 1.165) is 47.0 Å². The highest BCUT2D eigenvalue weighted by Gasteiger charge is 2.25. The van der Waals surface area contributed by atoms with Gasteiger partial charge in [-0.1, -0.05) is 12.1 Å². The molecule has 1 aliphatic rings. The van der Waals surface area contributed by atoms with Crippen LogP contribution in [0.5, 0.6) is 0 Å². The standard InChI is InChI=1S/C20H20FN3O/c1-12-4-2-5-16(21)20(12)13-8-14-11-23-18(22)10-15(14)17(9-13)24-7-3-6-19(24)25/h2,4-5,8-11,19,25H,3,6-7H2,1H3,(H2,22,23)/t19-/m0/s1. The van der Waals surface area contributed by atoms with Crippen LogP contribution in [0, 0.1) is 12.7 Å². The predicted molar refractivity (Wildman–Crippen MR) is 98.9 cm³/mol. The monoisotopic (exact) mass is 337 g/mol. The number of aryl methyl sites for hydroxylation is 1. The van der Waals surface area contributed by atoms with Gasteiger partial charge in [-0.25, -0.2) is 9.37 Å². The van der Waals surface area contributed by atoms with Gasteiger partial charge in [0.05, 0.1) is 0 Å². The second kappa shape index (κ2) is 6.01. The molecule has 1 fully saturated rings. The lowest BCUT2D eigenvalue weighted by atomic mass is 9.96. The average Bonchev–Trinajstić information content (AvgIpc) is 3.00. The summed E-state index contributed by atoms with van der Waals surface area (Å²) in [7, 11) is 0. The first kappa shape index (κ1) is 15.8. The molecule has 1 aliphatic heterocycles. The molecule has 3 N–H and O–H groups in total. The summed E-state index contributed by atoms with van der Waals surface area (Å²) < 4.78 is 14.5. The summed E-state index contributed by atoms with van der Waals surface area (Å²) in [4.78, 5) is 6.14. The number of fused-ring (bicyclic) bond motifs is 1. The van der Waals surface area contributed by atoms with Crippen LogP contribution in [0.3, 0.4) is 0 Å². The van der Waals surface area contributed by atoms with Crippen molar-refractivity contribution in [1.82, 2.24) is 4.98 Å². The fraction of sp³-hybridized carbons (Fsp3) is 0.250. The number of rotatable bonds is 2. The van der Waals surface area contributed by atoms with Crippen LogP contribution in [0.25, 0.3) is 21.9 Å². The number of halogens is 1. The summed E-state index contributed by atoms with van der Waals surface area (Å²) in [6.07, 6.45) is 2.82. The molecular formula is C20H20FN3O. The Morgan fingerprint density at radius 2 is 2.12 bits per heavy atom. The minimum Gasteiger partial charge on any atom is -0.384 e. The van der Waals surface area contributed by atoms with Crippen LogP contribution in [-0.4, -0.2) is 22.9 Å². The Morgan fingerprint density at radius 3 is 2.84 bits per heavy atom. The molecule has 1 aromatic heterocycles. The van der Waals surface area contributed by atoms with Crippen molar-refractivity contribution in [3.8, 4) is 11.1 Å². The average molecular weight is 337 g/mol. The summed E-state index contributed by atoms with van der Waals surface area (Å²) in [5, 5.41) is 12.1. The molecule has 0 radical (unpaired) electrons. The van der Waals surface area contributed by atoms with Crippen molar-refractivity contribution in [1.29, 1.82) is 0 Å². The van der Waals surface area contributed by atoms with Gasteiger partial charge in [-0.3, -0.25) is 0 Å². The number of hydrogen-bond donors (Lipinski definition) is 2. The third-order valence-electron chi connectivity index (χ3n) is 4.88. The van der Waals surface area contributed by atoms with Gasteiger partial charge >= 0.3 is 0 Å². The Hall–Kier alpha value is -2.66. The van der Waals surface area contributed by atoms with Crippen molar-refractivity contribution in [2.24, 2.45) is 0 Å². The van der Waals surface area contributed by atoms with Crippen molar-refractivity contribution >= 4 is 22.3 Å². The van der Waals surface area contributed by atoms with Gasteiger partial charge in [0.25, 0.3) is 0 Å². The van der Waals surface area contributed by atoms with Crippen LogP contribution in [0.4, 0.5) is 15.9 Å². The maximum atomic E-state index is 14.5. The first-order valence-electron chi connectivity index (χ1n) is 8.44. The molecule has 0 unspecified atom stereocenters. The number of nitrogens with zero attached hydrogens (tertiary/aromatic N) is 2. The van der Waals surface area contributed by atoms with E-state index in [1.165, 1.54) is 6.07 Å². The molecular weight excluding hydrogens is 317 g/mol. The zero-order chi connectivity index (χ0) is 17.6. The molecule has 0 bridgehead atoms. The molecule has 3 aromatic rings. The zero-order valence-corrected chi connectivity index (χ0v) is 14.0. The van der Waals surface area contributed by atoms with Gasteiger partial charge < -0.3 is 15.7 Å². The Balaban J connectivity index is 2.00. The normalized spacial score (nSPS) is 17.4. The number of aliphatic hydroxyl groups is 1. The first-order chi connectivity index (χ1) is 12.0. The zero-order valence-electron chi connectivity index (χ0n) is 14.0. The number of nitrogens with two attached hydrogens (primary N) is 1. The minimum atomic E-state index is -0.533. The smallest absolute Gasteiger partial charge is 0.131 e. The Kier molecular flexibility index (Phi) is 3.81. The fourth-order valence-electron chi connectivity index (χ4n) is 3.66. The summed E-state index contributed by atoms with van der Waals surface area (Å²) in [5.74, 6) is 0.174. The third-order valence-corrected chi connectivity index (χ3v) is 4.88. The Bertz CT molecular complexity index is 937. The molecule has 0 amide bonds. The van der Waals surface area contributed by atoms with Crippen molar-refractivity contribution in [2.75, 3.05) is 17.2 Å². The van der Waals surface area contributed by atoms with Crippen molar-refractivity contribution in [2.45, 2.75) is 26.0 Å². The molecule has 2 heterocycles. The highest BCUT2D eigenvalue weighted by atomic mass is 19.1. The third kappa shape index (κ3) is 2.70. The summed E-state index contributed by atoms with van der Waals surface area (Å²) in [6, 6.07) is 10.8. The van der Waals surface area contributed by atoms with E-state index in [1.54, 1.807) is 12.3 Å². The van der Waals surface area contributed by atoms with Gasteiger partial charge in [-0.15, -0.1) is 0 Å². The van der Waals surface area contributed by atoms with E-state index in [-0.39, 0.29) is 5.82 Å².